The predicted molar refractivity (Wildman–Crippen MR) is 134 cm³/mol. The van der Waals surface area contributed by atoms with Gasteiger partial charge < -0.3 is 10.1 Å². The lowest BCUT2D eigenvalue weighted by molar-refractivity contribution is 0.129. The zero-order valence-electron chi connectivity index (χ0n) is 19.9. The first-order valence-electron chi connectivity index (χ1n) is 12.4. The summed E-state index contributed by atoms with van der Waals surface area (Å²) in [5.74, 6) is 0.988. The van der Waals surface area contributed by atoms with E-state index in [9.17, 15) is 9.18 Å². The average Bonchev–Trinajstić information content (AvgIpc) is 2.87. The minimum absolute atomic E-state index is 0.153. The molecule has 0 unspecified atom stereocenters. The van der Waals surface area contributed by atoms with Gasteiger partial charge >= 0.3 is 6.09 Å². The number of halogens is 1. The van der Waals surface area contributed by atoms with Crippen LogP contribution < -0.4 is 5.32 Å². The second-order valence-corrected chi connectivity index (χ2v) is 9.44. The summed E-state index contributed by atoms with van der Waals surface area (Å²) in [6, 6.07) is 12.8. The van der Waals surface area contributed by atoms with Crippen LogP contribution in [0.4, 0.5) is 9.18 Å². The first kappa shape index (κ1) is 23.2. The summed E-state index contributed by atoms with van der Waals surface area (Å²) < 4.78 is 18.7. The molecule has 0 saturated heterocycles. The number of nitrogens with one attached hydrogen (secondary N) is 1. The third kappa shape index (κ3) is 5.26. The topological polar surface area (TPSA) is 64.1 Å². The molecule has 2 aromatic heterocycles. The Bertz CT molecular complexity index is 1210. The number of benzene rings is 1. The summed E-state index contributed by atoms with van der Waals surface area (Å²) in [6.45, 7) is 2.21. The monoisotopic (exact) mass is 471 g/mol. The van der Waals surface area contributed by atoms with Gasteiger partial charge in [-0.2, -0.15) is 0 Å². The van der Waals surface area contributed by atoms with Crippen LogP contribution in [0, 0.1) is 17.7 Å². The van der Waals surface area contributed by atoms with E-state index in [1.54, 1.807) is 12.3 Å². The van der Waals surface area contributed by atoms with E-state index >= 15 is 0 Å². The van der Waals surface area contributed by atoms with Crippen molar-refractivity contribution < 1.29 is 13.9 Å². The molecular weight excluding hydrogens is 441 g/mol. The summed E-state index contributed by atoms with van der Waals surface area (Å²) in [5, 5.41) is 3.05. The number of rotatable bonds is 5. The highest BCUT2D eigenvalue weighted by Crippen LogP contribution is 2.47. The molecule has 35 heavy (non-hydrogen) atoms. The van der Waals surface area contributed by atoms with Crippen molar-refractivity contribution >= 4 is 12.2 Å². The Hall–Kier alpha value is -3.54. The molecule has 0 spiro atoms. The minimum atomic E-state index is -0.319. The highest BCUT2D eigenvalue weighted by molar-refractivity contribution is 5.67. The fourth-order valence-corrected chi connectivity index (χ4v) is 5.69. The van der Waals surface area contributed by atoms with Crippen LogP contribution in [0.3, 0.4) is 0 Å². The van der Waals surface area contributed by atoms with E-state index < -0.39 is 0 Å². The highest BCUT2D eigenvalue weighted by atomic mass is 19.1. The number of carbonyl (C=O) groups excluding carboxylic acids is 1. The average molecular weight is 472 g/mol. The Labute approximate surface area is 205 Å². The lowest BCUT2D eigenvalue weighted by Crippen LogP contribution is -2.44. The van der Waals surface area contributed by atoms with Crippen LogP contribution in [0.1, 0.15) is 48.9 Å². The highest BCUT2D eigenvalue weighted by Gasteiger charge is 2.40. The molecule has 1 saturated carbocycles. The van der Waals surface area contributed by atoms with Crippen LogP contribution in [0.25, 0.3) is 17.2 Å². The van der Waals surface area contributed by atoms with E-state index in [0.717, 1.165) is 42.5 Å². The van der Waals surface area contributed by atoms with Gasteiger partial charge in [0.05, 0.1) is 12.3 Å². The number of aromatic nitrogens is 2. The van der Waals surface area contributed by atoms with Crippen LogP contribution in [-0.2, 0) is 11.2 Å². The van der Waals surface area contributed by atoms with Crippen LogP contribution in [0.15, 0.2) is 67.1 Å². The summed E-state index contributed by atoms with van der Waals surface area (Å²) in [6.07, 6.45) is 13.6. The number of allylic oxidation sites excluding steroid dienone is 1. The number of ether oxygens (including phenoxy) is 1. The zero-order chi connectivity index (χ0) is 24.2. The van der Waals surface area contributed by atoms with E-state index in [1.165, 1.54) is 23.3 Å². The quantitative estimate of drug-likeness (QED) is 0.484. The minimum Gasteiger partial charge on any atom is -0.450 e. The number of pyridine rings is 2. The third-order valence-corrected chi connectivity index (χ3v) is 7.31. The van der Waals surface area contributed by atoms with Gasteiger partial charge in [0.1, 0.15) is 5.82 Å². The molecule has 1 fully saturated rings. The SMILES string of the molecule is CCOC(=O)N[C@H]1CC[C@@H]2[C@H](Cc3ccncc3[C@H]2/C=C/c2ccc(-c3cccc(F)c3)cn2)C1. The number of carbonyl (C=O) groups is 1. The zero-order valence-corrected chi connectivity index (χ0v) is 19.9. The number of fused-ring (bicyclic) bond motifs is 2. The maximum Gasteiger partial charge on any atom is 0.407 e. The molecule has 2 aliphatic rings. The number of nitrogens with zero attached hydrogens (tertiary/aromatic N) is 2. The third-order valence-electron chi connectivity index (χ3n) is 7.31. The molecule has 180 valence electrons. The van der Waals surface area contributed by atoms with Crippen molar-refractivity contribution in [2.45, 2.75) is 44.6 Å². The molecule has 5 rings (SSSR count). The second-order valence-electron chi connectivity index (χ2n) is 9.44. The molecule has 4 atom stereocenters. The summed E-state index contributed by atoms with van der Waals surface area (Å²) in [7, 11) is 0. The van der Waals surface area contributed by atoms with Gasteiger partial charge in [0.2, 0.25) is 0 Å². The van der Waals surface area contributed by atoms with Crippen molar-refractivity contribution in [3.8, 4) is 11.1 Å². The van der Waals surface area contributed by atoms with E-state index in [0.29, 0.717) is 18.4 Å². The lowest BCUT2D eigenvalue weighted by atomic mass is 9.62. The van der Waals surface area contributed by atoms with Crippen LogP contribution >= 0.6 is 0 Å². The second kappa shape index (κ2) is 10.4. The predicted octanol–water partition coefficient (Wildman–Crippen LogP) is 6.17. The lowest BCUT2D eigenvalue weighted by Gasteiger charge is -2.43. The normalized spacial score (nSPS) is 23.4. The van der Waals surface area contributed by atoms with Crippen LogP contribution in [-0.4, -0.2) is 28.7 Å². The van der Waals surface area contributed by atoms with Gasteiger partial charge in [0.15, 0.2) is 0 Å². The number of alkyl carbamates (subject to hydrolysis) is 1. The van der Waals surface area contributed by atoms with Gasteiger partial charge in [-0.3, -0.25) is 9.97 Å². The molecule has 2 heterocycles. The number of amides is 1. The Balaban J connectivity index is 1.34. The van der Waals surface area contributed by atoms with Crippen LogP contribution in [0.2, 0.25) is 0 Å². The standard InChI is InChI=1S/C29H30FN3O2/c1-2-35-29(34)33-25-9-10-26-22(16-25)14-20-12-13-31-18-28(20)27(26)11-8-24-7-6-21(17-32-24)19-4-3-5-23(30)15-19/h3-8,11-13,15,17-18,22,25-27H,2,9-10,14,16H2,1H3,(H,33,34)/b11-8+/t22-,25+,26-,27+/m1/s1. The van der Waals surface area contributed by atoms with Crippen LogP contribution in [0.5, 0.6) is 0 Å². The smallest absolute Gasteiger partial charge is 0.407 e. The number of hydrogen-bond acceptors (Lipinski definition) is 4. The molecule has 1 N–H and O–H groups in total. The maximum atomic E-state index is 13.6. The summed E-state index contributed by atoms with van der Waals surface area (Å²) in [4.78, 5) is 21.0. The van der Waals surface area contributed by atoms with Gasteiger partial charge in [-0.05, 0) is 91.5 Å². The molecule has 0 aliphatic heterocycles. The molecule has 0 bridgehead atoms. The van der Waals surface area contributed by atoms with Gasteiger partial charge in [-0.25, -0.2) is 9.18 Å². The van der Waals surface area contributed by atoms with E-state index in [4.69, 9.17) is 4.74 Å². The molecule has 1 aromatic carbocycles. The molecule has 1 amide bonds. The van der Waals surface area contributed by atoms with Gasteiger partial charge in [-0.1, -0.05) is 24.3 Å². The van der Waals surface area contributed by atoms with Crippen molar-refractivity contribution in [3.63, 3.8) is 0 Å². The summed E-state index contributed by atoms with van der Waals surface area (Å²) in [5.41, 5.74) is 5.20. The molecule has 5 nitrogen and oxygen atoms in total. The molecule has 3 aromatic rings. The molecule has 2 aliphatic carbocycles. The van der Waals surface area contributed by atoms with Gasteiger partial charge in [0, 0.05) is 36.1 Å². The van der Waals surface area contributed by atoms with Crippen molar-refractivity contribution in [1.82, 2.24) is 15.3 Å². The van der Waals surface area contributed by atoms with Crippen molar-refractivity contribution in [2.75, 3.05) is 6.61 Å². The van der Waals surface area contributed by atoms with E-state index in [2.05, 4.69) is 33.5 Å². The first-order chi connectivity index (χ1) is 17.1. The Morgan fingerprint density at radius 1 is 1.17 bits per heavy atom. The van der Waals surface area contributed by atoms with Crippen molar-refractivity contribution in [3.05, 3.63) is 89.8 Å². The van der Waals surface area contributed by atoms with Gasteiger partial charge in [-0.15, -0.1) is 0 Å². The largest absolute Gasteiger partial charge is 0.450 e. The first-order valence-corrected chi connectivity index (χ1v) is 12.4. The Kier molecular flexibility index (Phi) is 6.89. The fraction of sp³-hybridized carbons (Fsp3) is 0.345. The van der Waals surface area contributed by atoms with E-state index in [-0.39, 0.29) is 23.9 Å². The maximum absolute atomic E-state index is 13.6. The van der Waals surface area contributed by atoms with Crippen molar-refractivity contribution in [2.24, 2.45) is 11.8 Å². The molecule has 0 radical (unpaired) electrons. The van der Waals surface area contributed by atoms with Gasteiger partial charge in [0.25, 0.3) is 0 Å². The van der Waals surface area contributed by atoms with E-state index in [1.807, 2.05) is 37.5 Å². The fourth-order valence-electron chi connectivity index (χ4n) is 5.69. The van der Waals surface area contributed by atoms with Crippen molar-refractivity contribution in [1.29, 1.82) is 0 Å². The molecular formula is C29H30FN3O2. The summed E-state index contributed by atoms with van der Waals surface area (Å²) >= 11 is 0. The number of hydrogen-bond donors (Lipinski definition) is 1. The Morgan fingerprint density at radius 2 is 2.09 bits per heavy atom. The Morgan fingerprint density at radius 3 is 2.89 bits per heavy atom. The molecule has 6 heteroatoms.